The third kappa shape index (κ3) is 5.79. The van der Waals surface area contributed by atoms with Crippen molar-refractivity contribution in [3.8, 4) is 0 Å². The highest BCUT2D eigenvalue weighted by molar-refractivity contribution is 5.80. The fourth-order valence-corrected chi connectivity index (χ4v) is 3.17. The molecule has 0 aliphatic rings. The summed E-state index contributed by atoms with van der Waals surface area (Å²) in [5, 5.41) is 0. The summed E-state index contributed by atoms with van der Waals surface area (Å²) in [4.78, 5) is 22.3. The van der Waals surface area contributed by atoms with E-state index in [0.29, 0.717) is 37.6 Å². The Labute approximate surface area is 184 Å². The van der Waals surface area contributed by atoms with Crippen LogP contribution in [-0.2, 0) is 34.2 Å². The topological polar surface area (TPSA) is 117 Å². The van der Waals surface area contributed by atoms with Crippen molar-refractivity contribution in [2.24, 2.45) is 0 Å². The first-order chi connectivity index (χ1) is 15.7. The van der Waals surface area contributed by atoms with Gasteiger partial charge < -0.3 is 19.9 Å². The molecule has 2 aromatic carbocycles. The Balaban J connectivity index is 1.37. The van der Waals surface area contributed by atoms with Crippen LogP contribution in [0.1, 0.15) is 11.1 Å². The number of H-pyrrole nitrogens is 1. The Morgan fingerprint density at radius 1 is 0.938 bits per heavy atom. The summed E-state index contributed by atoms with van der Waals surface area (Å²) < 4.78 is 19.4. The molecule has 0 saturated carbocycles. The second kappa shape index (κ2) is 10.7. The number of hydrogen-bond donors (Lipinski definition) is 2. The van der Waals surface area contributed by atoms with Crippen LogP contribution in [0.4, 0.5) is 5.82 Å². The van der Waals surface area contributed by atoms with Gasteiger partial charge in [0, 0.05) is 0 Å². The van der Waals surface area contributed by atoms with Crippen molar-refractivity contribution in [2.45, 2.75) is 26.0 Å². The molecule has 0 unspecified atom stereocenters. The first-order valence-electron chi connectivity index (χ1n) is 10.2. The van der Waals surface area contributed by atoms with Crippen LogP contribution >= 0.6 is 0 Å². The lowest BCUT2D eigenvalue weighted by atomic mass is 10.2. The van der Waals surface area contributed by atoms with Gasteiger partial charge >= 0.3 is 5.69 Å². The molecule has 4 rings (SSSR count). The largest absolute Gasteiger partial charge is 0.383 e. The van der Waals surface area contributed by atoms with Gasteiger partial charge in [-0.3, -0.25) is 9.55 Å². The molecule has 4 aromatic rings. The summed E-state index contributed by atoms with van der Waals surface area (Å²) in [5.41, 5.74) is 8.22. The molecule has 0 fully saturated rings. The van der Waals surface area contributed by atoms with Crippen molar-refractivity contribution in [1.82, 2.24) is 19.5 Å². The number of anilines is 1. The lowest BCUT2D eigenvalue weighted by molar-refractivity contribution is -0.0866. The van der Waals surface area contributed by atoms with Gasteiger partial charge in [0.25, 0.3) is 0 Å². The standard InChI is InChI=1S/C23H25N5O4/c24-21-20-22(27-23(29)26-21)28(15-25-20)16-32-19(13-30-11-17-7-3-1-4-8-17)14-31-12-18-9-5-2-6-10-18/h1-10,15,19H,11-14,16H2,(H3,24,26,27,29). The molecule has 32 heavy (non-hydrogen) atoms. The number of rotatable bonds is 11. The van der Waals surface area contributed by atoms with E-state index in [1.807, 2.05) is 60.7 Å². The smallest absolute Gasteiger partial charge is 0.348 e. The minimum absolute atomic E-state index is 0.125. The maximum atomic E-state index is 11.7. The van der Waals surface area contributed by atoms with Crippen molar-refractivity contribution in [2.75, 3.05) is 18.9 Å². The zero-order valence-corrected chi connectivity index (χ0v) is 17.5. The number of hydrogen-bond acceptors (Lipinski definition) is 7. The maximum Gasteiger partial charge on any atom is 0.348 e. The van der Waals surface area contributed by atoms with E-state index in [0.717, 1.165) is 11.1 Å². The number of imidazole rings is 1. The summed E-state index contributed by atoms with van der Waals surface area (Å²) in [7, 11) is 0. The summed E-state index contributed by atoms with van der Waals surface area (Å²) in [6.45, 7) is 1.75. The van der Waals surface area contributed by atoms with Crippen molar-refractivity contribution in [3.05, 3.63) is 88.6 Å². The summed E-state index contributed by atoms with van der Waals surface area (Å²) in [6.07, 6.45) is 1.20. The molecule has 2 aromatic heterocycles. The fourth-order valence-electron chi connectivity index (χ4n) is 3.17. The van der Waals surface area contributed by atoms with Crippen LogP contribution < -0.4 is 11.4 Å². The van der Waals surface area contributed by atoms with Crippen molar-refractivity contribution in [3.63, 3.8) is 0 Å². The number of nitrogens with zero attached hydrogens (tertiary/aromatic N) is 3. The van der Waals surface area contributed by atoms with Crippen LogP contribution in [-0.4, -0.2) is 38.8 Å². The van der Waals surface area contributed by atoms with Crippen LogP contribution in [0.2, 0.25) is 0 Å². The second-order valence-electron chi connectivity index (χ2n) is 7.26. The van der Waals surface area contributed by atoms with E-state index < -0.39 is 5.69 Å². The van der Waals surface area contributed by atoms with E-state index in [1.54, 1.807) is 4.57 Å². The molecule has 166 valence electrons. The molecule has 0 aliphatic heterocycles. The van der Waals surface area contributed by atoms with Gasteiger partial charge in [0.15, 0.2) is 5.65 Å². The Kier molecular flexibility index (Phi) is 7.23. The van der Waals surface area contributed by atoms with Crippen LogP contribution in [0.5, 0.6) is 0 Å². The minimum atomic E-state index is -0.536. The van der Waals surface area contributed by atoms with E-state index in [-0.39, 0.29) is 18.7 Å². The van der Waals surface area contributed by atoms with Gasteiger partial charge in [-0.05, 0) is 11.1 Å². The molecule has 0 bridgehead atoms. The molecule has 9 nitrogen and oxygen atoms in total. The third-order valence-electron chi connectivity index (χ3n) is 4.79. The molecular weight excluding hydrogens is 410 g/mol. The van der Waals surface area contributed by atoms with E-state index >= 15 is 0 Å². The van der Waals surface area contributed by atoms with E-state index in [4.69, 9.17) is 19.9 Å². The Hall–Kier alpha value is -3.53. The number of nitrogens with one attached hydrogen (secondary N) is 1. The lowest BCUT2D eigenvalue weighted by Crippen LogP contribution is -2.27. The molecule has 9 heteroatoms. The van der Waals surface area contributed by atoms with Gasteiger partial charge in [-0.1, -0.05) is 60.7 Å². The van der Waals surface area contributed by atoms with Crippen molar-refractivity contribution < 1.29 is 14.2 Å². The number of aromatic nitrogens is 4. The summed E-state index contributed by atoms with van der Waals surface area (Å²) in [5.74, 6) is 0.174. The molecular formula is C23H25N5O4. The van der Waals surface area contributed by atoms with Crippen LogP contribution in [0, 0.1) is 0 Å². The number of benzene rings is 2. The van der Waals surface area contributed by atoms with Gasteiger partial charge in [0.2, 0.25) is 0 Å². The van der Waals surface area contributed by atoms with Crippen LogP contribution in [0.25, 0.3) is 11.2 Å². The first-order valence-corrected chi connectivity index (χ1v) is 10.2. The number of fused-ring (bicyclic) bond motifs is 1. The Morgan fingerprint density at radius 3 is 2.12 bits per heavy atom. The number of ether oxygens (including phenoxy) is 3. The minimum Gasteiger partial charge on any atom is -0.383 e. The number of nitrogen functional groups attached to an aromatic ring is 1. The third-order valence-corrected chi connectivity index (χ3v) is 4.79. The quantitative estimate of drug-likeness (QED) is 0.372. The molecule has 0 spiro atoms. The highest BCUT2D eigenvalue weighted by Gasteiger charge is 2.14. The van der Waals surface area contributed by atoms with Crippen molar-refractivity contribution in [1.29, 1.82) is 0 Å². The monoisotopic (exact) mass is 435 g/mol. The average molecular weight is 435 g/mol. The Morgan fingerprint density at radius 2 is 1.53 bits per heavy atom. The second-order valence-corrected chi connectivity index (χ2v) is 7.26. The van der Waals surface area contributed by atoms with Gasteiger partial charge in [0.05, 0.1) is 32.8 Å². The van der Waals surface area contributed by atoms with Crippen LogP contribution in [0.15, 0.2) is 71.8 Å². The highest BCUT2D eigenvalue weighted by Crippen LogP contribution is 2.13. The molecule has 0 saturated heterocycles. The Bertz CT molecular complexity index is 1130. The predicted octanol–water partition coefficient (Wildman–Crippen LogP) is 2.48. The van der Waals surface area contributed by atoms with Gasteiger partial charge in [-0.25, -0.2) is 9.78 Å². The van der Waals surface area contributed by atoms with Crippen LogP contribution in [0.3, 0.4) is 0 Å². The maximum absolute atomic E-state index is 11.7. The molecule has 2 heterocycles. The summed E-state index contributed by atoms with van der Waals surface area (Å²) >= 11 is 0. The fraction of sp³-hybridized carbons (Fsp3) is 0.261. The first kappa shape index (κ1) is 21.7. The predicted molar refractivity (Wildman–Crippen MR) is 120 cm³/mol. The SMILES string of the molecule is Nc1[nH]c(=O)nc2c1ncn2COC(COCc1ccccc1)COCc1ccccc1. The lowest BCUT2D eigenvalue weighted by Gasteiger charge is -2.19. The van der Waals surface area contributed by atoms with Crippen molar-refractivity contribution >= 4 is 17.0 Å². The number of nitrogens with two attached hydrogens (primary N) is 1. The van der Waals surface area contributed by atoms with E-state index in [1.165, 1.54) is 6.33 Å². The zero-order valence-electron chi connectivity index (χ0n) is 17.5. The molecule has 0 atom stereocenters. The highest BCUT2D eigenvalue weighted by atomic mass is 16.6. The number of aromatic amines is 1. The average Bonchev–Trinajstić information content (AvgIpc) is 3.21. The van der Waals surface area contributed by atoms with Gasteiger partial charge in [-0.15, -0.1) is 0 Å². The van der Waals surface area contributed by atoms with Gasteiger partial charge in [0.1, 0.15) is 24.2 Å². The van der Waals surface area contributed by atoms with E-state index in [9.17, 15) is 4.79 Å². The summed E-state index contributed by atoms with van der Waals surface area (Å²) in [6, 6.07) is 19.9. The molecule has 3 N–H and O–H groups in total. The zero-order chi connectivity index (χ0) is 22.2. The normalized spacial score (nSPS) is 11.4. The molecule has 0 aliphatic carbocycles. The van der Waals surface area contributed by atoms with Gasteiger partial charge in [-0.2, -0.15) is 4.98 Å². The van der Waals surface area contributed by atoms with E-state index in [2.05, 4.69) is 15.0 Å². The molecule has 0 radical (unpaired) electrons. The molecule has 0 amide bonds.